The highest BCUT2D eigenvalue weighted by Crippen LogP contribution is 2.24. The van der Waals surface area contributed by atoms with Gasteiger partial charge in [-0.05, 0) is 48.0 Å². The maximum atomic E-state index is 12.4. The fourth-order valence-corrected chi connectivity index (χ4v) is 3.32. The summed E-state index contributed by atoms with van der Waals surface area (Å²) in [5, 5.41) is 3.00. The Hall–Kier alpha value is -3.03. The van der Waals surface area contributed by atoms with Crippen molar-refractivity contribution in [3.8, 4) is 11.5 Å². The lowest BCUT2D eigenvalue weighted by atomic mass is 10.1. The van der Waals surface area contributed by atoms with Gasteiger partial charge in [0.25, 0.3) is 5.91 Å². The number of halogens is 1. The van der Waals surface area contributed by atoms with Crippen LogP contribution in [0.3, 0.4) is 0 Å². The number of anilines is 1. The number of benzene rings is 3. The highest BCUT2D eigenvalue weighted by molar-refractivity contribution is 7.92. The zero-order chi connectivity index (χ0) is 20.9. The normalized spacial score (nSPS) is 11.0. The zero-order valence-electron chi connectivity index (χ0n) is 15.6. The van der Waals surface area contributed by atoms with E-state index in [4.69, 9.17) is 16.3 Å². The first-order valence-electron chi connectivity index (χ1n) is 8.67. The second kappa shape index (κ2) is 8.98. The Balaban J connectivity index is 1.61. The molecule has 3 aromatic rings. The molecule has 0 atom stereocenters. The first kappa shape index (κ1) is 20.7. The molecule has 0 aliphatic heterocycles. The molecular formula is C21H19ClN2O4S. The summed E-state index contributed by atoms with van der Waals surface area (Å²) in [6.07, 6.45) is 1.02. The molecule has 0 aromatic heterocycles. The van der Waals surface area contributed by atoms with Gasteiger partial charge in [0.1, 0.15) is 11.5 Å². The molecule has 3 rings (SSSR count). The number of carbonyl (C=O) groups excluding carboxylic acids is 1. The quantitative estimate of drug-likeness (QED) is 0.580. The van der Waals surface area contributed by atoms with E-state index in [0.29, 0.717) is 17.9 Å². The van der Waals surface area contributed by atoms with Gasteiger partial charge in [0, 0.05) is 12.1 Å². The van der Waals surface area contributed by atoms with Crippen LogP contribution in [0.1, 0.15) is 15.9 Å². The lowest BCUT2D eigenvalue weighted by Gasteiger charge is -2.10. The van der Waals surface area contributed by atoms with Gasteiger partial charge in [-0.25, -0.2) is 8.42 Å². The number of para-hydroxylation sites is 1. The van der Waals surface area contributed by atoms with Crippen LogP contribution in [-0.4, -0.2) is 20.6 Å². The highest BCUT2D eigenvalue weighted by atomic mass is 35.5. The predicted octanol–water partition coefficient (Wildman–Crippen LogP) is 4.43. The minimum Gasteiger partial charge on any atom is -0.457 e. The van der Waals surface area contributed by atoms with Crippen LogP contribution >= 0.6 is 11.6 Å². The van der Waals surface area contributed by atoms with E-state index in [2.05, 4.69) is 10.0 Å². The highest BCUT2D eigenvalue weighted by Gasteiger charge is 2.11. The van der Waals surface area contributed by atoms with Crippen molar-refractivity contribution in [1.82, 2.24) is 5.32 Å². The summed E-state index contributed by atoms with van der Waals surface area (Å²) in [7, 11) is -3.50. The van der Waals surface area contributed by atoms with Crippen molar-refractivity contribution < 1.29 is 17.9 Å². The predicted molar refractivity (Wildman–Crippen MR) is 114 cm³/mol. The van der Waals surface area contributed by atoms with E-state index in [1.54, 1.807) is 0 Å². The molecule has 0 aliphatic rings. The largest absolute Gasteiger partial charge is 0.457 e. The fourth-order valence-electron chi connectivity index (χ4n) is 2.53. The van der Waals surface area contributed by atoms with Crippen LogP contribution in [0, 0.1) is 0 Å². The molecule has 0 saturated carbocycles. The maximum Gasteiger partial charge on any atom is 0.251 e. The lowest BCUT2D eigenvalue weighted by Crippen LogP contribution is -2.23. The first-order valence-corrected chi connectivity index (χ1v) is 10.9. The van der Waals surface area contributed by atoms with Gasteiger partial charge in [-0.3, -0.25) is 9.52 Å². The van der Waals surface area contributed by atoms with Crippen molar-refractivity contribution in [2.24, 2.45) is 0 Å². The summed E-state index contributed by atoms with van der Waals surface area (Å²) in [5.74, 6) is 1.10. The van der Waals surface area contributed by atoms with Gasteiger partial charge in [-0.15, -0.1) is 0 Å². The maximum absolute atomic E-state index is 12.4. The van der Waals surface area contributed by atoms with Crippen molar-refractivity contribution in [1.29, 1.82) is 0 Å². The monoisotopic (exact) mass is 430 g/mol. The van der Waals surface area contributed by atoms with Gasteiger partial charge in [0.15, 0.2) is 0 Å². The molecule has 0 radical (unpaired) electrons. The number of carbonyl (C=O) groups is 1. The molecule has 3 aromatic carbocycles. The average Bonchev–Trinajstić information content (AvgIpc) is 2.69. The van der Waals surface area contributed by atoms with Crippen LogP contribution in [0.15, 0.2) is 72.8 Å². The molecule has 0 saturated heterocycles. The van der Waals surface area contributed by atoms with Crippen molar-refractivity contribution in [3.05, 3.63) is 88.9 Å². The summed E-state index contributed by atoms with van der Waals surface area (Å²) >= 11 is 5.98. The van der Waals surface area contributed by atoms with E-state index in [9.17, 15) is 13.2 Å². The molecule has 0 fully saturated rings. The van der Waals surface area contributed by atoms with Crippen molar-refractivity contribution in [3.63, 3.8) is 0 Å². The topological polar surface area (TPSA) is 84.5 Å². The Bertz CT molecular complexity index is 1100. The average molecular weight is 431 g/mol. The lowest BCUT2D eigenvalue weighted by molar-refractivity contribution is 0.0951. The van der Waals surface area contributed by atoms with Gasteiger partial charge < -0.3 is 10.1 Å². The Morgan fingerprint density at radius 1 is 0.966 bits per heavy atom. The second-order valence-corrected chi connectivity index (χ2v) is 8.47. The van der Waals surface area contributed by atoms with Crippen molar-refractivity contribution in [2.45, 2.75) is 6.54 Å². The van der Waals surface area contributed by atoms with Gasteiger partial charge in [0.2, 0.25) is 10.0 Å². The van der Waals surface area contributed by atoms with Crippen LogP contribution in [0.2, 0.25) is 5.02 Å². The number of rotatable bonds is 7. The molecule has 29 heavy (non-hydrogen) atoms. The summed E-state index contributed by atoms with van der Waals surface area (Å²) in [5.41, 5.74) is 1.34. The molecule has 1 amide bonds. The first-order chi connectivity index (χ1) is 13.8. The third-order valence-corrected chi connectivity index (χ3v) is 4.80. The smallest absolute Gasteiger partial charge is 0.251 e. The summed E-state index contributed by atoms with van der Waals surface area (Å²) in [4.78, 5) is 12.4. The van der Waals surface area contributed by atoms with E-state index < -0.39 is 10.0 Å². The number of ether oxygens (including phenoxy) is 1. The van der Waals surface area contributed by atoms with Crippen LogP contribution in [0.25, 0.3) is 0 Å². The Morgan fingerprint density at radius 2 is 1.62 bits per heavy atom. The Labute approximate surface area is 174 Å². The van der Waals surface area contributed by atoms with E-state index in [-0.39, 0.29) is 16.6 Å². The van der Waals surface area contributed by atoms with Crippen LogP contribution < -0.4 is 14.8 Å². The molecule has 0 spiro atoms. The third-order valence-electron chi connectivity index (χ3n) is 3.88. The molecule has 2 N–H and O–H groups in total. The molecule has 6 nitrogen and oxygen atoms in total. The van der Waals surface area contributed by atoms with Gasteiger partial charge in [-0.1, -0.05) is 41.9 Å². The molecule has 150 valence electrons. The molecule has 8 heteroatoms. The number of hydrogen-bond donors (Lipinski definition) is 2. The van der Waals surface area contributed by atoms with E-state index in [1.165, 1.54) is 18.2 Å². The van der Waals surface area contributed by atoms with Crippen LogP contribution in [0.4, 0.5) is 5.69 Å². The van der Waals surface area contributed by atoms with Crippen molar-refractivity contribution in [2.75, 3.05) is 11.0 Å². The number of hydrogen-bond acceptors (Lipinski definition) is 4. The number of sulfonamides is 1. The van der Waals surface area contributed by atoms with Gasteiger partial charge in [-0.2, -0.15) is 0 Å². The summed E-state index contributed by atoms with van der Waals surface area (Å²) in [6, 6.07) is 21.2. The SMILES string of the molecule is CS(=O)(=O)Nc1cc(C(=O)NCc2ccc(Oc3ccccc3)cc2)ccc1Cl. The molecule has 0 unspecified atom stereocenters. The van der Waals surface area contributed by atoms with E-state index in [0.717, 1.165) is 17.6 Å². The Morgan fingerprint density at radius 3 is 2.28 bits per heavy atom. The minimum atomic E-state index is -3.50. The number of nitrogens with one attached hydrogen (secondary N) is 2. The third kappa shape index (κ3) is 6.23. The van der Waals surface area contributed by atoms with Gasteiger partial charge in [0.05, 0.1) is 17.0 Å². The minimum absolute atomic E-state index is 0.157. The van der Waals surface area contributed by atoms with Crippen LogP contribution in [-0.2, 0) is 16.6 Å². The molecule has 0 aliphatic carbocycles. The second-order valence-electron chi connectivity index (χ2n) is 6.31. The van der Waals surface area contributed by atoms with Crippen molar-refractivity contribution >= 4 is 33.2 Å². The van der Waals surface area contributed by atoms with Crippen LogP contribution in [0.5, 0.6) is 11.5 Å². The van der Waals surface area contributed by atoms with Gasteiger partial charge >= 0.3 is 0 Å². The van der Waals surface area contributed by atoms with E-state index in [1.807, 2.05) is 54.6 Å². The number of amides is 1. The summed E-state index contributed by atoms with van der Waals surface area (Å²) in [6.45, 7) is 0.307. The van der Waals surface area contributed by atoms with E-state index >= 15 is 0 Å². The molecule has 0 bridgehead atoms. The Kier molecular flexibility index (Phi) is 6.41. The summed E-state index contributed by atoms with van der Waals surface area (Å²) < 4.78 is 30.8. The standard InChI is InChI=1S/C21H19ClN2O4S/c1-29(26,27)24-20-13-16(9-12-19(20)22)21(25)23-14-15-7-10-18(11-8-15)28-17-5-3-2-4-6-17/h2-13,24H,14H2,1H3,(H,23,25). The molecule has 0 heterocycles. The molecular weight excluding hydrogens is 412 g/mol. The zero-order valence-corrected chi connectivity index (χ0v) is 17.1. The fraction of sp³-hybridized carbons (Fsp3) is 0.0952.